The summed E-state index contributed by atoms with van der Waals surface area (Å²) in [5.41, 5.74) is 2.33. The van der Waals surface area contributed by atoms with Crippen molar-refractivity contribution in [3.05, 3.63) is 42.1 Å². The molecule has 152 valence electrons. The minimum Gasteiger partial charge on any atom is -0.379 e. The molecule has 2 aromatic rings. The molecule has 0 aliphatic carbocycles. The molecule has 1 aromatic carbocycles. The molecule has 6 heteroatoms. The fourth-order valence-electron chi connectivity index (χ4n) is 3.37. The smallest absolute Gasteiger partial charge is 0.191 e. The van der Waals surface area contributed by atoms with Crippen LogP contribution in [-0.4, -0.2) is 56.5 Å². The first kappa shape index (κ1) is 20.6. The standard InChI is InChI=1S/C22H32N4O2/c1-2-23-22(25-13-6-15-27-17-20-10-5-16-28-20)26-14-11-19-8-3-7-18-9-4-12-24-21(18)19/h3-4,7-9,12,20H,2,5-6,10-11,13-17H2,1H3,(H2,23,25,26). The van der Waals surface area contributed by atoms with E-state index in [4.69, 9.17) is 9.47 Å². The number of aliphatic imine (C=N–C) groups is 1. The van der Waals surface area contributed by atoms with Crippen molar-refractivity contribution in [1.82, 2.24) is 15.6 Å². The van der Waals surface area contributed by atoms with E-state index in [1.54, 1.807) is 0 Å². The van der Waals surface area contributed by atoms with E-state index in [9.17, 15) is 0 Å². The van der Waals surface area contributed by atoms with Crippen molar-refractivity contribution in [2.24, 2.45) is 4.99 Å². The number of pyridine rings is 1. The molecule has 0 amide bonds. The molecule has 1 unspecified atom stereocenters. The van der Waals surface area contributed by atoms with E-state index in [0.29, 0.717) is 12.7 Å². The number of para-hydroxylation sites is 1. The monoisotopic (exact) mass is 384 g/mol. The van der Waals surface area contributed by atoms with Gasteiger partial charge in [-0.3, -0.25) is 9.98 Å². The molecule has 28 heavy (non-hydrogen) atoms. The first-order chi connectivity index (χ1) is 13.9. The highest BCUT2D eigenvalue weighted by atomic mass is 16.5. The molecule has 2 heterocycles. The molecule has 1 fully saturated rings. The number of nitrogens with one attached hydrogen (secondary N) is 2. The lowest BCUT2D eigenvalue weighted by molar-refractivity contribution is 0.0171. The summed E-state index contributed by atoms with van der Waals surface area (Å²) < 4.78 is 11.3. The van der Waals surface area contributed by atoms with Gasteiger partial charge in [0.15, 0.2) is 5.96 Å². The Hall–Kier alpha value is -2.18. The Balaban J connectivity index is 1.39. The largest absolute Gasteiger partial charge is 0.379 e. The highest BCUT2D eigenvalue weighted by Gasteiger charge is 2.14. The molecule has 1 saturated heterocycles. The lowest BCUT2D eigenvalue weighted by atomic mass is 10.1. The zero-order valence-electron chi connectivity index (χ0n) is 16.8. The molecular formula is C22H32N4O2. The van der Waals surface area contributed by atoms with E-state index in [1.165, 1.54) is 10.9 Å². The van der Waals surface area contributed by atoms with Gasteiger partial charge in [-0.2, -0.15) is 0 Å². The zero-order valence-corrected chi connectivity index (χ0v) is 16.8. The molecule has 1 aliphatic heterocycles. The lowest BCUT2D eigenvalue weighted by Gasteiger charge is -2.12. The van der Waals surface area contributed by atoms with Crippen LogP contribution >= 0.6 is 0 Å². The van der Waals surface area contributed by atoms with Crippen LogP contribution in [0.4, 0.5) is 0 Å². The molecular weight excluding hydrogens is 352 g/mol. The molecule has 6 nitrogen and oxygen atoms in total. The van der Waals surface area contributed by atoms with Gasteiger partial charge in [-0.15, -0.1) is 0 Å². The van der Waals surface area contributed by atoms with Crippen molar-refractivity contribution in [2.75, 3.05) is 39.5 Å². The van der Waals surface area contributed by atoms with Crippen LogP contribution in [0, 0.1) is 0 Å². The van der Waals surface area contributed by atoms with Gasteiger partial charge in [0.05, 0.1) is 18.2 Å². The molecule has 1 aliphatic rings. The number of rotatable bonds is 10. The molecule has 0 radical (unpaired) electrons. The Labute approximate surface area is 167 Å². The van der Waals surface area contributed by atoms with Crippen LogP contribution in [0.2, 0.25) is 0 Å². The second-order valence-electron chi connectivity index (χ2n) is 6.99. The van der Waals surface area contributed by atoms with Crippen LogP contribution in [-0.2, 0) is 15.9 Å². The third-order valence-corrected chi connectivity index (χ3v) is 4.79. The minimum absolute atomic E-state index is 0.297. The Bertz CT molecular complexity index is 739. The predicted molar refractivity (Wildman–Crippen MR) is 114 cm³/mol. The summed E-state index contributed by atoms with van der Waals surface area (Å²) in [6.07, 6.45) is 6.25. The molecule has 0 saturated carbocycles. The summed E-state index contributed by atoms with van der Waals surface area (Å²) in [6, 6.07) is 10.4. The summed E-state index contributed by atoms with van der Waals surface area (Å²) in [6.45, 7) is 6.80. The third kappa shape index (κ3) is 6.46. The topological polar surface area (TPSA) is 67.8 Å². The Morgan fingerprint density at radius 1 is 1.29 bits per heavy atom. The van der Waals surface area contributed by atoms with Gasteiger partial charge in [0, 0.05) is 44.4 Å². The van der Waals surface area contributed by atoms with Crippen LogP contribution in [0.5, 0.6) is 0 Å². The summed E-state index contributed by atoms with van der Waals surface area (Å²) >= 11 is 0. The molecule has 3 rings (SSSR count). The molecule has 1 atom stereocenters. The third-order valence-electron chi connectivity index (χ3n) is 4.79. The maximum absolute atomic E-state index is 5.70. The zero-order chi connectivity index (χ0) is 19.4. The van der Waals surface area contributed by atoms with E-state index in [0.717, 1.165) is 70.0 Å². The number of fused-ring (bicyclic) bond motifs is 1. The molecule has 0 spiro atoms. The van der Waals surface area contributed by atoms with Gasteiger partial charge in [0.1, 0.15) is 0 Å². The second kappa shape index (κ2) is 11.6. The number of hydrogen-bond donors (Lipinski definition) is 2. The fraction of sp³-hybridized carbons (Fsp3) is 0.545. The van der Waals surface area contributed by atoms with Crippen molar-refractivity contribution >= 4 is 16.9 Å². The maximum Gasteiger partial charge on any atom is 0.191 e. The number of aromatic nitrogens is 1. The van der Waals surface area contributed by atoms with Crippen molar-refractivity contribution in [3.63, 3.8) is 0 Å². The van der Waals surface area contributed by atoms with E-state index >= 15 is 0 Å². The summed E-state index contributed by atoms with van der Waals surface area (Å²) in [4.78, 5) is 9.17. The van der Waals surface area contributed by atoms with Gasteiger partial charge < -0.3 is 20.1 Å². The van der Waals surface area contributed by atoms with Crippen LogP contribution in [0.1, 0.15) is 31.7 Å². The van der Waals surface area contributed by atoms with Crippen molar-refractivity contribution in [3.8, 4) is 0 Å². The number of guanidine groups is 1. The highest BCUT2D eigenvalue weighted by Crippen LogP contribution is 2.16. The van der Waals surface area contributed by atoms with Gasteiger partial charge >= 0.3 is 0 Å². The van der Waals surface area contributed by atoms with Crippen molar-refractivity contribution in [2.45, 2.75) is 38.7 Å². The summed E-state index contributed by atoms with van der Waals surface area (Å²) in [5, 5.41) is 7.91. The average molecular weight is 385 g/mol. The Morgan fingerprint density at radius 2 is 2.21 bits per heavy atom. The van der Waals surface area contributed by atoms with Crippen LogP contribution in [0.15, 0.2) is 41.5 Å². The van der Waals surface area contributed by atoms with E-state index in [-0.39, 0.29) is 0 Å². The van der Waals surface area contributed by atoms with Gasteiger partial charge in [-0.1, -0.05) is 24.3 Å². The number of ether oxygens (including phenoxy) is 2. The second-order valence-corrected chi connectivity index (χ2v) is 6.99. The number of nitrogens with zero attached hydrogens (tertiary/aromatic N) is 2. The van der Waals surface area contributed by atoms with Crippen LogP contribution in [0.25, 0.3) is 10.9 Å². The average Bonchev–Trinajstić information content (AvgIpc) is 3.24. The van der Waals surface area contributed by atoms with Crippen molar-refractivity contribution < 1.29 is 9.47 Å². The Morgan fingerprint density at radius 3 is 3.07 bits per heavy atom. The van der Waals surface area contributed by atoms with Gasteiger partial charge in [0.25, 0.3) is 0 Å². The first-order valence-electron chi connectivity index (χ1n) is 10.4. The van der Waals surface area contributed by atoms with Gasteiger partial charge in [-0.25, -0.2) is 0 Å². The van der Waals surface area contributed by atoms with Gasteiger partial charge in [0.2, 0.25) is 0 Å². The fourth-order valence-corrected chi connectivity index (χ4v) is 3.37. The lowest BCUT2D eigenvalue weighted by Crippen LogP contribution is -2.38. The van der Waals surface area contributed by atoms with Crippen molar-refractivity contribution in [1.29, 1.82) is 0 Å². The minimum atomic E-state index is 0.297. The number of benzene rings is 1. The summed E-state index contributed by atoms with van der Waals surface area (Å²) in [7, 11) is 0. The highest BCUT2D eigenvalue weighted by molar-refractivity contribution is 5.82. The van der Waals surface area contributed by atoms with E-state index in [1.807, 2.05) is 12.3 Å². The molecule has 0 bridgehead atoms. The normalized spacial score (nSPS) is 17.2. The summed E-state index contributed by atoms with van der Waals surface area (Å²) in [5.74, 6) is 0.856. The van der Waals surface area contributed by atoms with Crippen LogP contribution < -0.4 is 10.6 Å². The first-order valence-corrected chi connectivity index (χ1v) is 10.4. The maximum atomic E-state index is 5.70. The molecule has 1 aromatic heterocycles. The van der Waals surface area contributed by atoms with Crippen LogP contribution in [0.3, 0.4) is 0 Å². The predicted octanol–water partition coefficient (Wildman–Crippen LogP) is 2.92. The van der Waals surface area contributed by atoms with E-state index < -0.39 is 0 Å². The van der Waals surface area contributed by atoms with E-state index in [2.05, 4.69) is 51.8 Å². The number of hydrogen-bond acceptors (Lipinski definition) is 4. The molecule has 2 N–H and O–H groups in total. The van der Waals surface area contributed by atoms with Gasteiger partial charge in [-0.05, 0) is 44.2 Å². The Kier molecular flexibility index (Phi) is 8.53. The SMILES string of the molecule is CCNC(=NCCCOCC1CCCO1)NCCc1cccc2cccnc12. The quantitative estimate of drug-likeness (QED) is 0.375.